The molecule has 0 amide bonds. The minimum absolute atomic E-state index is 0. The van der Waals surface area contributed by atoms with E-state index in [1.807, 2.05) is 261 Å². The van der Waals surface area contributed by atoms with Crippen molar-refractivity contribution in [2.24, 2.45) is 0 Å². The van der Waals surface area contributed by atoms with Crippen LogP contribution in [0.5, 0.6) is 23.0 Å². The molecule has 18 nitrogen and oxygen atoms in total. The van der Waals surface area contributed by atoms with Crippen molar-refractivity contribution < 1.29 is 105 Å². The SMILES string of the molecule is N#Cc1cc(-c2[c-]c(-c3ccccn3)ccc2)c2nc(-c3ccccc3O)sc2c1.N#Cc1cc(-c2ccccn2)[c-]c(-c2cccc3c2nc(-c2ccccc2O)n3-c2cccc3ccccc23)c1.N#Cc1ccc(-c2ccccn2)[c-]c1-c1cccc2sc(-c3ccccc3O)nc12.N#Cc1cccnc1-c1[c-]c(-c2cccc3c2nc(-c2ccccc2O)n3-c2cccc3ccccc23)ccc1.[Pt].[Pt].[Pt].[Pt]. The number of benzene rings is 16. The molecule has 0 aliphatic heterocycles. The molecule has 0 aliphatic carbocycles. The second kappa shape index (κ2) is 44.4. The summed E-state index contributed by atoms with van der Waals surface area (Å²) in [5, 5.41) is 86.8. The predicted molar refractivity (Wildman–Crippen MR) is 554 cm³/mol. The monoisotopic (exact) mass is 2610 g/mol. The van der Waals surface area contributed by atoms with Crippen molar-refractivity contribution in [1.29, 1.82) is 21.0 Å². The molecule has 8 aromatic heterocycles. The van der Waals surface area contributed by atoms with E-state index in [1.165, 1.54) is 22.7 Å². The van der Waals surface area contributed by atoms with Crippen LogP contribution in [0.25, 0.3) is 209 Å². The summed E-state index contributed by atoms with van der Waals surface area (Å²) in [6.07, 6.45) is 6.90. The fourth-order valence-electron chi connectivity index (χ4n) is 17.3. The number of imidazole rings is 2. The molecule has 700 valence electrons. The van der Waals surface area contributed by atoms with E-state index in [4.69, 9.17) is 19.9 Å². The number of aromatic hydroxyl groups is 4. The number of aromatic nitrogens is 10. The average Bonchev–Trinajstić information content (AvgIpc) is 1.59. The molecule has 0 atom stereocenters. The Morgan fingerprint density at radius 3 is 1.19 bits per heavy atom. The summed E-state index contributed by atoms with van der Waals surface area (Å²) in [6.45, 7) is 0. The van der Waals surface area contributed by atoms with Crippen LogP contribution in [0, 0.1) is 69.6 Å². The van der Waals surface area contributed by atoms with E-state index in [2.05, 4.69) is 126 Å². The zero-order valence-electron chi connectivity index (χ0n) is 75.2. The summed E-state index contributed by atoms with van der Waals surface area (Å²) >= 11 is 2.96. The quantitative estimate of drug-likeness (QED) is 0.0736. The number of fused-ring (bicyclic) bond motifs is 6. The van der Waals surface area contributed by atoms with Gasteiger partial charge in [-0.25, -0.2) is 25.2 Å². The van der Waals surface area contributed by atoms with Gasteiger partial charge in [0.25, 0.3) is 0 Å². The van der Waals surface area contributed by atoms with E-state index in [0.717, 1.165) is 159 Å². The molecule has 24 heteroatoms. The van der Waals surface area contributed by atoms with E-state index >= 15 is 0 Å². The van der Waals surface area contributed by atoms with E-state index in [9.17, 15) is 41.5 Å². The molecule has 0 fully saturated rings. The number of hydrogen-bond donors (Lipinski definition) is 4. The van der Waals surface area contributed by atoms with Crippen LogP contribution in [0.15, 0.2) is 401 Å². The molecule has 0 spiro atoms. The van der Waals surface area contributed by atoms with Crippen molar-refractivity contribution in [1.82, 2.24) is 49.0 Å². The summed E-state index contributed by atoms with van der Waals surface area (Å²) in [4.78, 5) is 37.7. The molecule has 0 bridgehead atoms. The molecule has 144 heavy (non-hydrogen) atoms. The van der Waals surface area contributed by atoms with Crippen molar-refractivity contribution >= 4 is 86.7 Å². The first-order valence-electron chi connectivity index (χ1n) is 44.4. The zero-order valence-corrected chi connectivity index (χ0v) is 86.0. The summed E-state index contributed by atoms with van der Waals surface area (Å²) in [6, 6.07) is 142. The predicted octanol–water partition coefficient (Wildman–Crippen LogP) is 28.0. The van der Waals surface area contributed by atoms with Gasteiger partial charge < -0.3 is 20.4 Å². The maximum absolute atomic E-state index is 10.9. The van der Waals surface area contributed by atoms with E-state index in [-0.39, 0.29) is 107 Å². The zero-order chi connectivity index (χ0) is 95.1. The van der Waals surface area contributed by atoms with Crippen molar-refractivity contribution in [2.75, 3.05) is 0 Å². The minimum atomic E-state index is 0. The van der Waals surface area contributed by atoms with Crippen LogP contribution < -0.4 is 0 Å². The number of nitriles is 4. The fraction of sp³-hybridized carbons (Fsp3) is 0. The number of rotatable bonds is 14. The molecule has 0 aliphatic rings. The molecular weight excluding hydrogens is 2550 g/mol. The maximum Gasteiger partial charge on any atom is 0.148 e. The number of thiazole rings is 2. The smallest absolute Gasteiger partial charge is 0.148 e. The molecule has 0 saturated heterocycles. The van der Waals surface area contributed by atoms with Gasteiger partial charge in [0, 0.05) is 163 Å². The first-order valence-corrected chi connectivity index (χ1v) is 46.0. The first kappa shape index (κ1) is 98.9. The first-order chi connectivity index (χ1) is 68.9. The average molecular weight is 2620 g/mol. The molecule has 8 heterocycles. The van der Waals surface area contributed by atoms with Gasteiger partial charge in [0.15, 0.2) is 0 Å². The minimum Gasteiger partial charge on any atom is -0.507 e. The topological polar surface area (TPSA) is 289 Å². The Bertz CT molecular complexity index is 9120. The molecule has 0 unspecified atom stereocenters. The molecular formula is C120H70N14O4Pt4S2-4. The van der Waals surface area contributed by atoms with Crippen LogP contribution >= 0.6 is 22.7 Å². The van der Waals surface area contributed by atoms with Crippen LogP contribution in [-0.2, 0) is 84.3 Å². The third-order valence-corrected chi connectivity index (χ3v) is 25.9. The van der Waals surface area contributed by atoms with Gasteiger partial charge in [0.2, 0.25) is 0 Å². The Balaban J connectivity index is 0.000000132. The van der Waals surface area contributed by atoms with Crippen molar-refractivity contribution in [3.63, 3.8) is 0 Å². The maximum atomic E-state index is 10.9. The van der Waals surface area contributed by atoms with Crippen molar-refractivity contribution in [3.8, 4) is 192 Å². The Morgan fingerprint density at radius 2 is 0.660 bits per heavy atom. The standard InChI is InChI=1S/2C35H21N4O.2C25H14N3OS.4Pt/c36-22-26-13-8-20-37-33(26)25-12-5-11-24(21-25)28-16-7-18-31-34(28)38-35(29-15-3-4-19-32(29)40)39(31)30-17-6-10-23-9-1-2-14-27(23)30;36-22-23-19-25(21-26(20-23)30-14-5-6-18-37-30)28-13-8-16-32-34(28)38-35(29-12-3-4-17-33(29)40)39(32)31-15-7-10-24-9-1-2-11-27(24)31;26-15-16-12-20(17-6-5-7-18(14-17)21-9-3-4-11-27-21)24-23(13-16)30-25(28-24)19-8-1-2-10-22(19)29;26-15-17-12-11-16(21-8-3-4-13-27-21)14-20(17)18-7-5-10-23-24(18)28-25(30-23)19-6-1-2-9-22(19)29;;;;/h2*1-20,40H;2*1-13,29H;;;;/q4*-1;;;;. The van der Waals surface area contributed by atoms with Gasteiger partial charge in [-0.15, -0.1) is 124 Å². The number of pyridine rings is 4. The molecule has 0 radical (unpaired) electrons. The molecule has 24 rings (SSSR count). The normalized spacial score (nSPS) is 10.6. The van der Waals surface area contributed by atoms with Crippen LogP contribution in [0.1, 0.15) is 22.3 Å². The second-order valence-corrected chi connectivity index (χ2v) is 34.4. The second-order valence-electron chi connectivity index (χ2n) is 32.3. The van der Waals surface area contributed by atoms with Gasteiger partial charge in [-0.1, -0.05) is 250 Å². The van der Waals surface area contributed by atoms with Crippen molar-refractivity contribution in [3.05, 3.63) is 447 Å². The summed E-state index contributed by atoms with van der Waals surface area (Å²) in [7, 11) is 0. The van der Waals surface area contributed by atoms with Crippen LogP contribution in [0.2, 0.25) is 0 Å². The number of phenols is 4. The molecule has 24 aromatic rings. The summed E-state index contributed by atoms with van der Waals surface area (Å²) < 4.78 is 6.08. The third kappa shape index (κ3) is 20.0. The van der Waals surface area contributed by atoms with Crippen LogP contribution in [0.4, 0.5) is 0 Å². The van der Waals surface area contributed by atoms with Gasteiger partial charge in [0.1, 0.15) is 44.7 Å². The number of para-hydroxylation sites is 7. The number of hydrogen-bond acceptors (Lipinski definition) is 18. The third-order valence-electron chi connectivity index (χ3n) is 23.8. The Kier molecular flexibility index (Phi) is 30.5. The van der Waals surface area contributed by atoms with Gasteiger partial charge in [0.05, 0.1) is 91.0 Å². The molecule has 16 aromatic carbocycles. The van der Waals surface area contributed by atoms with E-state index in [0.29, 0.717) is 72.4 Å². The summed E-state index contributed by atoms with van der Waals surface area (Å²) in [5.41, 5.74) is 24.2. The van der Waals surface area contributed by atoms with Crippen LogP contribution in [0.3, 0.4) is 0 Å². The van der Waals surface area contributed by atoms with Gasteiger partial charge in [-0.2, -0.15) is 15.8 Å². The Labute approximate surface area is 892 Å². The molecule has 0 saturated carbocycles. The van der Waals surface area contributed by atoms with Crippen molar-refractivity contribution in [2.45, 2.75) is 0 Å². The Hall–Kier alpha value is -16.7. The van der Waals surface area contributed by atoms with Gasteiger partial charge in [-0.3, -0.25) is 29.1 Å². The van der Waals surface area contributed by atoms with Gasteiger partial charge in [-0.05, 0) is 137 Å². The fourth-order valence-corrected chi connectivity index (χ4v) is 19.4. The number of phenolic OH excluding ortho intramolecular Hbond substituents is 4. The largest absolute Gasteiger partial charge is 0.507 e. The van der Waals surface area contributed by atoms with E-state index in [1.54, 1.807) is 91.5 Å². The summed E-state index contributed by atoms with van der Waals surface area (Å²) in [5.74, 6) is 1.95. The number of nitrogens with zero attached hydrogens (tertiary/aromatic N) is 14. The molecule has 4 N–H and O–H groups in total. The van der Waals surface area contributed by atoms with Crippen LogP contribution in [-0.4, -0.2) is 69.4 Å². The van der Waals surface area contributed by atoms with Gasteiger partial charge >= 0.3 is 0 Å². The van der Waals surface area contributed by atoms with E-state index < -0.39 is 0 Å². The Morgan fingerprint density at radius 1 is 0.264 bits per heavy atom.